The molecule has 6 heteroatoms. The molecular weight excluding hydrogens is 267 g/mol. The molecule has 0 spiro atoms. The molecule has 0 aliphatic rings. The zero-order valence-corrected chi connectivity index (χ0v) is 10.3. The number of pyridine rings is 1. The minimum absolute atomic E-state index is 0.0192. The van der Waals surface area contributed by atoms with Crippen molar-refractivity contribution in [1.29, 1.82) is 5.26 Å². The van der Waals surface area contributed by atoms with Crippen molar-refractivity contribution >= 4 is 17.2 Å². The van der Waals surface area contributed by atoms with Gasteiger partial charge in [-0.15, -0.1) is 10.2 Å². The van der Waals surface area contributed by atoms with Crippen LogP contribution in [0.1, 0.15) is 5.56 Å². The number of aromatic nitrogens is 3. The van der Waals surface area contributed by atoms with E-state index >= 15 is 0 Å². The fraction of sp³-hybridized carbons (Fsp3) is 0. The molecule has 0 unspecified atom stereocenters. The summed E-state index contributed by atoms with van der Waals surface area (Å²) >= 11 is 5.76. The highest BCUT2D eigenvalue weighted by atomic mass is 35.5. The van der Waals surface area contributed by atoms with Gasteiger partial charge in [0.25, 0.3) is 0 Å². The molecule has 3 aromatic rings. The van der Waals surface area contributed by atoms with Gasteiger partial charge in [0, 0.05) is 6.20 Å². The number of fused-ring (bicyclic) bond motifs is 1. The zero-order chi connectivity index (χ0) is 13.4. The van der Waals surface area contributed by atoms with E-state index in [2.05, 4.69) is 10.2 Å². The maximum atomic E-state index is 14.0. The summed E-state index contributed by atoms with van der Waals surface area (Å²) < 4.78 is 15.6. The summed E-state index contributed by atoms with van der Waals surface area (Å²) in [5, 5.41) is 16.8. The molecule has 2 aromatic heterocycles. The SMILES string of the molecule is N#Cc1ccc2nnc(-c3cccc(Cl)c3F)n2c1. The lowest BCUT2D eigenvalue weighted by atomic mass is 10.2. The molecule has 0 saturated carbocycles. The van der Waals surface area contributed by atoms with Crippen molar-refractivity contribution in [3.63, 3.8) is 0 Å². The van der Waals surface area contributed by atoms with E-state index in [1.54, 1.807) is 34.9 Å². The zero-order valence-electron chi connectivity index (χ0n) is 9.51. The standard InChI is InChI=1S/C13H6ClFN4/c14-10-3-1-2-9(12(10)15)13-18-17-11-5-4-8(6-16)7-19(11)13/h1-5,7H. The largest absolute Gasteiger partial charge is 0.281 e. The quantitative estimate of drug-likeness (QED) is 0.684. The third-order valence-corrected chi connectivity index (χ3v) is 3.02. The van der Waals surface area contributed by atoms with Crippen LogP contribution in [0.15, 0.2) is 36.5 Å². The van der Waals surface area contributed by atoms with E-state index < -0.39 is 5.82 Å². The Bertz CT molecular complexity index is 819. The first kappa shape index (κ1) is 11.6. The third kappa shape index (κ3) is 1.83. The summed E-state index contributed by atoms with van der Waals surface area (Å²) in [5.41, 5.74) is 1.22. The van der Waals surface area contributed by atoms with Gasteiger partial charge in [-0.1, -0.05) is 17.7 Å². The van der Waals surface area contributed by atoms with Crippen LogP contribution in [0.5, 0.6) is 0 Å². The number of nitriles is 1. The molecule has 4 nitrogen and oxygen atoms in total. The molecule has 19 heavy (non-hydrogen) atoms. The second kappa shape index (κ2) is 4.34. The van der Waals surface area contributed by atoms with Gasteiger partial charge in [-0.05, 0) is 24.3 Å². The smallest absolute Gasteiger partial charge is 0.171 e. The Morgan fingerprint density at radius 1 is 1.21 bits per heavy atom. The molecule has 0 bridgehead atoms. The van der Waals surface area contributed by atoms with Crippen LogP contribution >= 0.6 is 11.6 Å². The maximum absolute atomic E-state index is 14.0. The summed E-state index contributed by atoms with van der Waals surface area (Å²) in [6.45, 7) is 0. The summed E-state index contributed by atoms with van der Waals surface area (Å²) in [7, 11) is 0. The summed E-state index contributed by atoms with van der Waals surface area (Å²) in [5.74, 6) is -0.243. The Balaban J connectivity index is 2.31. The van der Waals surface area contributed by atoms with Gasteiger partial charge < -0.3 is 0 Å². The van der Waals surface area contributed by atoms with Crippen LogP contribution in [0.3, 0.4) is 0 Å². The fourth-order valence-corrected chi connectivity index (χ4v) is 1.99. The van der Waals surface area contributed by atoms with E-state index in [-0.39, 0.29) is 10.6 Å². The summed E-state index contributed by atoms with van der Waals surface area (Å²) in [6, 6.07) is 9.96. The van der Waals surface area contributed by atoms with Crippen LogP contribution in [-0.2, 0) is 0 Å². The van der Waals surface area contributed by atoms with Gasteiger partial charge in [-0.2, -0.15) is 5.26 Å². The number of halogens is 2. The van der Waals surface area contributed by atoms with Crippen molar-refractivity contribution in [3.8, 4) is 17.5 Å². The Morgan fingerprint density at radius 3 is 2.84 bits per heavy atom. The Kier molecular flexibility index (Phi) is 2.65. The van der Waals surface area contributed by atoms with E-state index in [9.17, 15) is 4.39 Å². The Labute approximate surface area is 112 Å². The first-order valence-electron chi connectivity index (χ1n) is 5.40. The fourth-order valence-electron chi connectivity index (χ4n) is 1.82. The molecule has 0 radical (unpaired) electrons. The van der Waals surface area contributed by atoms with Crippen LogP contribution in [0.2, 0.25) is 5.02 Å². The molecular formula is C13H6ClFN4. The van der Waals surface area contributed by atoms with E-state index in [1.807, 2.05) is 6.07 Å². The van der Waals surface area contributed by atoms with Gasteiger partial charge in [0.2, 0.25) is 0 Å². The predicted molar refractivity (Wildman–Crippen MR) is 68.1 cm³/mol. The van der Waals surface area contributed by atoms with Crippen LogP contribution in [0.25, 0.3) is 17.0 Å². The molecule has 0 fully saturated rings. The minimum atomic E-state index is -0.555. The highest BCUT2D eigenvalue weighted by Crippen LogP contribution is 2.26. The molecule has 2 heterocycles. The third-order valence-electron chi connectivity index (χ3n) is 2.72. The molecule has 0 N–H and O–H groups in total. The number of nitrogens with zero attached hydrogens (tertiary/aromatic N) is 4. The number of rotatable bonds is 1. The van der Waals surface area contributed by atoms with Gasteiger partial charge in [-0.3, -0.25) is 4.40 Å². The molecule has 0 saturated heterocycles. The van der Waals surface area contributed by atoms with Gasteiger partial charge in [0.05, 0.1) is 16.1 Å². The van der Waals surface area contributed by atoms with E-state index in [1.165, 1.54) is 6.07 Å². The average molecular weight is 273 g/mol. The summed E-state index contributed by atoms with van der Waals surface area (Å²) in [6.07, 6.45) is 1.56. The number of hydrogen-bond donors (Lipinski definition) is 0. The second-order valence-corrected chi connectivity index (χ2v) is 4.29. The van der Waals surface area contributed by atoms with Crippen molar-refractivity contribution in [1.82, 2.24) is 14.6 Å². The lowest BCUT2D eigenvalue weighted by Gasteiger charge is -2.03. The molecule has 0 aliphatic carbocycles. The Hall–Kier alpha value is -2.45. The van der Waals surface area contributed by atoms with Crippen molar-refractivity contribution < 1.29 is 4.39 Å². The topological polar surface area (TPSA) is 54.0 Å². The minimum Gasteiger partial charge on any atom is -0.281 e. The highest BCUT2D eigenvalue weighted by molar-refractivity contribution is 6.31. The highest BCUT2D eigenvalue weighted by Gasteiger charge is 2.14. The molecule has 3 rings (SSSR count). The van der Waals surface area contributed by atoms with Gasteiger partial charge >= 0.3 is 0 Å². The van der Waals surface area contributed by atoms with Crippen molar-refractivity contribution in [2.45, 2.75) is 0 Å². The van der Waals surface area contributed by atoms with Crippen LogP contribution in [0, 0.1) is 17.1 Å². The molecule has 92 valence electrons. The van der Waals surface area contributed by atoms with Gasteiger partial charge in [-0.25, -0.2) is 4.39 Å². The molecule has 0 aliphatic heterocycles. The van der Waals surface area contributed by atoms with Crippen molar-refractivity contribution in [2.75, 3.05) is 0 Å². The molecule has 0 amide bonds. The molecule has 0 atom stereocenters. The van der Waals surface area contributed by atoms with Gasteiger partial charge in [0.1, 0.15) is 6.07 Å². The van der Waals surface area contributed by atoms with E-state index in [0.29, 0.717) is 17.0 Å². The van der Waals surface area contributed by atoms with Crippen LogP contribution in [-0.4, -0.2) is 14.6 Å². The number of hydrogen-bond acceptors (Lipinski definition) is 3. The Morgan fingerprint density at radius 2 is 2.05 bits per heavy atom. The first-order chi connectivity index (χ1) is 9.20. The normalized spacial score (nSPS) is 10.6. The maximum Gasteiger partial charge on any atom is 0.171 e. The van der Waals surface area contributed by atoms with E-state index in [4.69, 9.17) is 16.9 Å². The average Bonchev–Trinajstić information content (AvgIpc) is 2.84. The predicted octanol–water partition coefficient (Wildman–Crippen LogP) is 3.06. The van der Waals surface area contributed by atoms with Crippen molar-refractivity contribution in [2.24, 2.45) is 0 Å². The van der Waals surface area contributed by atoms with E-state index in [0.717, 1.165) is 0 Å². The first-order valence-corrected chi connectivity index (χ1v) is 5.78. The van der Waals surface area contributed by atoms with Crippen LogP contribution < -0.4 is 0 Å². The monoisotopic (exact) mass is 272 g/mol. The van der Waals surface area contributed by atoms with Crippen LogP contribution in [0.4, 0.5) is 4.39 Å². The van der Waals surface area contributed by atoms with Crippen molar-refractivity contribution in [3.05, 3.63) is 52.9 Å². The molecule has 1 aromatic carbocycles. The lowest BCUT2D eigenvalue weighted by molar-refractivity contribution is 0.630. The lowest BCUT2D eigenvalue weighted by Crippen LogP contribution is -1.93. The summed E-state index contributed by atoms with van der Waals surface area (Å²) in [4.78, 5) is 0. The second-order valence-electron chi connectivity index (χ2n) is 3.88. The number of benzene rings is 1. The van der Waals surface area contributed by atoms with Gasteiger partial charge in [0.15, 0.2) is 17.3 Å².